The summed E-state index contributed by atoms with van der Waals surface area (Å²) in [5.41, 5.74) is 2.50. The Balaban J connectivity index is 2.05. The predicted octanol–water partition coefficient (Wildman–Crippen LogP) is 3.27. The van der Waals surface area contributed by atoms with Crippen LogP contribution in [0.3, 0.4) is 0 Å². The first-order chi connectivity index (χ1) is 12.9. The number of hydrogen-bond donors (Lipinski definition) is 1. The Hall–Kier alpha value is -2.57. The van der Waals surface area contributed by atoms with Gasteiger partial charge < -0.3 is 19.4 Å². The number of H-pyrrole nitrogens is 1. The fraction of sp³-hybridized carbons (Fsp3) is 0.550. The summed E-state index contributed by atoms with van der Waals surface area (Å²) >= 11 is 0. The van der Waals surface area contributed by atoms with E-state index >= 15 is 0 Å². The van der Waals surface area contributed by atoms with E-state index in [1.165, 1.54) is 0 Å². The molecule has 0 spiro atoms. The van der Waals surface area contributed by atoms with E-state index in [1.54, 1.807) is 25.7 Å². The third-order valence-corrected chi connectivity index (χ3v) is 4.68. The fourth-order valence-electron chi connectivity index (χ4n) is 3.35. The molecule has 1 aliphatic carbocycles. The number of allylic oxidation sites excluding steroid dienone is 2. The lowest BCUT2D eigenvalue weighted by atomic mass is 10.0. The molecule has 1 aromatic heterocycles. The zero-order chi connectivity index (χ0) is 20.0. The Bertz CT molecular complexity index is 748. The Morgan fingerprint density at radius 2 is 1.85 bits per heavy atom. The molecule has 148 valence electrons. The van der Waals surface area contributed by atoms with Gasteiger partial charge in [-0.15, -0.1) is 0 Å². The lowest BCUT2D eigenvalue weighted by Crippen LogP contribution is -2.34. The number of aryl methyl sites for hydroxylation is 1. The molecule has 7 nitrogen and oxygen atoms in total. The summed E-state index contributed by atoms with van der Waals surface area (Å²) in [6, 6.07) is 0. The van der Waals surface area contributed by atoms with Gasteiger partial charge in [0, 0.05) is 17.9 Å². The average molecular weight is 376 g/mol. The van der Waals surface area contributed by atoms with E-state index in [4.69, 9.17) is 9.47 Å². The van der Waals surface area contributed by atoms with Gasteiger partial charge in [0.1, 0.15) is 5.69 Å². The standard InChI is InChI=1S/C20H28N2O5/c1-5-22(15-10-8-7-9-11-15)16(23)12-27-20(25)18-13(3)17(14(4)21-18)19(24)26-6-2/h10,21H,5-9,11-12H2,1-4H3. The molecule has 0 saturated carbocycles. The molecule has 1 amide bonds. The second-order valence-electron chi connectivity index (χ2n) is 6.50. The van der Waals surface area contributed by atoms with Gasteiger partial charge in [-0.25, -0.2) is 9.59 Å². The van der Waals surface area contributed by atoms with E-state index in [0.717, 1.165) is 31.4 Å². The Labute approximate surface area is 159 Å². The van der Waals surface area contributed by atoms with Crippen molar-refractivity contribution in [1.82, 2.24) is 9.88 Å². The highest BCUT2D eigenvalue weighted by molar-refractivity contribution is 5.99. The van der Waals surface area contributed by atoms with Crippen molar-refractivity contribution in [2.24, 2.45) is 0 Å². The summed E-state index contributed by atoms with van der Waals surface area (Å²) in [7, 11) is 0. The zero-order valence-corrected chi connectivity index (χ0v) is 16.5. The topological polar surface area (TPSA) is 88.7 Å². The summed E-state index contributed by atoms with van der Waals surface area (Å²) in [4.78, 5) is 41.5. The SMILES string of the molecule is CCOC(=O)c1c(C)[nH]c(C(=O)OCC(=O)N(CC)C2=CCCCC2)c1C. The van der Waals surface area contributed by atoms with Crippen molar-refractivity contribution in [3.63, 3.8) is 0 Å². The minimum atomic E-state index is -0.659. The van der Waals surface area contributed by atoms with Gasteiger partial charge in [-0.2, -0.15) is 0 Å². The number of rotatable bonds is 7. The second kappa shape index (κ2) is 9.39. The van der Waals surface area contributed by atoms with Crippen LogP contribution in [0, 0.1) is 13.8 Å². The van der Waals surface area contributed by atoms with Crippen LogP contribution >= 0.6 is 0 Å². The zero-order valence-electron chi connectivity index (χ0n) is 16.5. The molecule has 1 N–H and O–H groups in total. The molecule has 0 aliphatic heterocycles. The number of amides is 1. The summed E-state index contributed by atoms with van der Waals surface area (Å²) in [6.07, 6.45) is 6.12. The van der Waals surface area contributed by atoms with Crippen molar-refractivity contribution < 1.29 is 23.9 Å². The molecule has 1 heterocycles. The van der Waals surface area contributed by atoms with Crippen molar-refractivity contribution in [1.29, 1.82) is 0 Å². The van der Waals surface area contributed by atoms with Crippen LogP contribution in [0.4, 0.5) is 0 Å². The molecule has 0 aromatic carbocycles. The van der Waals surface area contributed by atoms with E-state index in [1.807, 2.05) is 6.92 Å². The molecule has 1 aromatic rings. The number of nitrogens with zero attached hydrogens (tertiary/aromatic N) is 1. The van der Waals surface area contributed by atoms with Crippen LogP contribution in [0.5, 0.6) is 0 Å². The molecule has 0 saturated heterocycles. The first-order valence-electron chi connectivity index (χ1n) is 9.43. The maximum Gasteiger partial charge on any atom is 0.355 e. The summed E-state index contributed by atoms with van der Waals surface area (Å²) in [6.45, 7) is 7.41. The third kappa shape index (κ3) is 4.78. The molecule has 1 aliphatic rings. The lowest BCUT2D eigenvalue weighted by molar-refractivity contribution is -0.132. The number of carbonyl (C=O) groups is 3. The number of carbonyl (C=O) groups excluding carboxylic acids is 3. The van der Waals surface area contributed by atoms with Crippen LogP contribution in [0.15, 0.2) is 11.8 Å². The Kier molecular flexibility index (Phi) is 7.21. The molecular formula is C20H28N2O5. The van der Waals surface area contributed by atoms with E-state index in [-0.39, 0.29) is 24.8 Å². The number of ether oxygens (including phenoxy) is 2. The quantitative estimate of drug-likeness (QED) is 0.738. The van der Waals surface area contributed by atoms with Gasteiger partial charge in [0.15, 0.2) is 6.61 Å². The molecule has 0 unspecified atom stereocenters. The highest BCUT2D eigenvalue weighted by Gasteiger charge is 2.25. The number of aromatic amines is 1. The molecular weight excluding hydrogens is 348 g/mol. The van der Waals surface area contributed by atoms with Crippen molar-refractivity contribution in [3.05, 3.63) is 34.3 Å². The number of hydrogen-bond acceptors (Lipinski definition) is 5. The van der Waals surface area contributed by atoms with Gasteiger partial charge in [-0.1, -0.05) is 6.08 Å². The normalized spacial score (nSPS) is 13.7. The van der Waals surface area contributed by atoms with Crippen LogP contribution in [0.2, 0.25) is 0 Å². The Morgan fingerprint density at radius 1 is 1.11 bits per heavy atom. The molecule has 0 bridgehead atoms. The fourth-order valence-corrected chi connectivity index (χ4v) is 3.35. The van der Waals surface area contributed by atoms with Crippen molar-refractivity contribution in [2.75, 3.05) is 19.8 Å². The monoisotopic (exact) mass is 376 g/mol. The molecule has 0 atom stereocenters. The van der Waals surface area contributed by atoms with E-state index in [2.05, 4.69) is 11.1 Å². The highest BCUT2D eigenvalue weighted by Crippen LogP contribution is 2.22. The van der Waals surface area contributed by atoms with Gasteiger partial charge >= 0.3 is 11.9 Å². The van der Waals surface area contributed by atoms with Crippen LogP contribution in [0.25, 0.3) is 0 Å². The minimum absolute atomic E-state index is 0.170. The van der Waals surface area contributed by atoms with Gasteiger partial charge in [-0.05, 0) is 58.9 Å². The largest absolute Gasteiger partial charge is 0.462 e. The molecule has 27 heavy (non-hydrogen) atoms. The first kappa shape index (κ1) is 20.7. The van der Waals surface area contributed by atoms with Crippen molar-refractivity contribution in [2.45, 2.75) is 53.4 Å². The lowest BCUT2D eigenvalue weighted by Gasteiger charge is -2.26. The maximum atomic E-state index is 12.5. The molecule has 0 radical (unpaired) electrons. The first-order valence-corrected chi connectivity index (χ1v) is 9.43. The number of likely N-dealkylation sites (N-methyl/N-ethyl adjacent to an activating group) is 1. The van der Waals surface area contributed by atoms with Crippen LogP contribution in [-0.2, 0) is 14.3 Å². The van der Waals surface area contributed by atoms with Gasteiger partial charge in [-0.3, -0.25) is 4.79 Å². The number of nitrogens with one attached hydrogen (secondary N) is 1. The summed E-state index contributed by atoms with van der Waals surface area (Å²) in [5, 5.41) is 0. The van der Waals surface area contributed by atoms with Crippen LogP contribution in [0.1, 0.15) is 71.6 Å². The minimum Gasteiger partial charge on any atom is -0.462 e. The summed E-state index contributed by atoms with van der Waals surface area (Å²) < 4.78 is 10.2. The van der Waals surface area contributed by atoms with Crippen molar-refractivity contribution >= 4 is 17.8 Å². The number of aromatic nitrogens is 1. The predicted molar refractivity (Wildman–Crippen MR) is 100 cm³/mol. The number of esters is 2. The van der Waals surface area contributed by atoms with E-state index < -0.39 is 11.9 Å². The maximum absolute atomic E-state index is 12.5. The summed E-state index contributed by atoms with van der Waals surface area (Å²) in [5.74, 6) is -1.39. The molecule has 2 rings (SSSR count). The second-order valence-corrected chi connectivity index (χ2v) is 6.50. The highest BCUT2D eigenvalue weighted by atomic mass is 16.5. The van der Waals surface area contributed by atoms with E-state index in [0.29, 0.717) is 23.4 Å². The third-order valence-electron chi connectivity index (χ3n) is 4.68. The molecule has 7 heteroatoms. The van der Waals surface area contributed by atoms with E-state index in [9.17, 15) is 14.4 Å². The smallest absolute Gasteiger partial charge is 0.355 e. The van der Waals surface area contributed by atoms with Gasteiger partial charge in [0.2, 0.25) is 0 Å². The van der Waals surface area contributed by atoms with Gasteiger partial charge in [0.25, 0.3) is 5.91 Å². The molecule has 0 fully saturated rings. The van der Waals surface area contributed by atoms with Gasteiger partial charge in [0.05, 0.1) is 12.2 Å². The Morgan fingerprint density at radius 3 is 2.44 bits per heavy atom. The van der Waals surface area contributed by atoms with Crippen molar-refractivity contribution in [3.8, 4) is 0 Å². The van der Waals surface area contributed by atoms with Crippen LogP contribution < -0.4 is 0 Å². The van der Waals surface area contributed by atoms with Crippen LogP contribution in [-0.4, -0.2) is 47.5 Å². The average Bonchev–Trinajstić information content (AvgIpc) is 2.96.